The zero-order valence-corrected chi connectivity index (χ0v) is 15.6. The highest BCUT2D eigenvalue weighted by atomic mass is 16.6. The third kappa shape index (κ3) is 3.81. The van der Waals surface area contributed by atoms with Gasteiger partial charge in [0, 0.05) is 31.6 Å². The number of hydrogen-bond donors (Lipinski definition) is 1. The Morgan fingerprint density at radius 1 is 0.962 bits per heavy atom. The maximum Gasteiger partial charge on any atom is 0.163 e. The Labute approximate surface area is 155 Å². The Kier molecular flexibility index (Phi) is 5.60. The van der Waals surface area contributed by atoms with Crippen molar-refractivity contribution in [2.45, 2.75) is 45.1 Å². The van der Waals surface area contributed by atoms with E-state index in [4.69, 9.17) is 20.2 Å². The largest absolute Gasteiger partial charge is 0.486 e. The van der Waals surface area contributed by atoms with Crippen LogP contribution in [0.5, 0.6) is 11.5 Å². The fraction of sp³-hybridized carbons (Fsp3) is 0.650. The van der Waals surface area contributed by atoms with Crippen LogP contribution in [0.15, 0.2) is 12.1 Å². The van der Waals surface area contributed by atoms with Crippen LogP contribution in [0.2, 0.25) is 0 Å². The van der Waals surface area contributed by atoms with Gasteiger partial charge in [-0.25, -0.2) is 4.98 Å². The second-order valence-corrected chi connectivity index (χ2v) is 7.31. The monoisotopic (exact) mass is 358 g/mol. The topological polar surface area (TPSA) is 65.5 Å². The third-order valence-electron chi connectivity index (χ3n) is 5.43. The molecule has 1 aromatic carbocycles. The molecule has 0 unspecified atom stereocenters. The standard InChI is InChI=1S/C20H30N4O2/c21-7-3-1-2-6-20-22-16-14-18-19(26-13-12-25-18)15-17(16)24(20)11-10-23-8-4-5-9-23/h14-15H,1-13,21H2. The van der Waals surface area contributed by atoms with E-state index in [0.717, 1.165) is 62.3 Å². The number of unbranched alkanes of at least 4 members (excludes halogenated alkanes) is 2. The molecule has 0 bridgehead atoms. The molecule has 142 valence electrons. The molecule has 6 nitrogen and oxygen atoms in total. The number of aromatic nitrogens is 2. The number of fused-ring (bicyclic) bond motifs is 2. The normalized spacial score (nSPS) is 17.3. The molecule has 2 aliphatic rings. The van der Waals surface area contributed by atoms with Gasteiger partial charge in [-0.15, -0.1) is 0 Å². The summed E-state index contributed by atoms with van der Waals surface area (Å²) in [6.07, 6.45) is 7.04. The predicted molar refractivity (Wildman–Crippen MR) is 103 cm³/mol. The summed E-state index contributed by atoms with van der Waals surface area (Å²) in [4.78, 5) is 7.50. The molecule has 26 heavy (non-hydrogen) atoms. The molecule has 1 saturated heterocycles. The number of imidazole rings is 1. The van der Waals surface area contributed by atoms with Gasteiger partial charge in [-0.1, -0.05) is 6.42 Å². The van der Waals surface area contributed by atoms with Gasteiger partial charge in [0.15, 0.2) is 11.5 Å². The third-order valence-corrected chi connectivity index (χ3v) is 5.43. The molecule has 0 atom stereocenters. The van der Waals surface area contributed by atoms with Gasteiger partial charge in [0.25, 0.3) is 0 Å². The van der Waals surface area contributed by atoms with Crippen molar-refractivity contribution in [1.29, 1.82) is 0 Å². The molecule has 1 aromatic heterocycles. The summed E-state index contributed by atoms with van der Waals surface area (Å²) in [6, 6.07) is 4.16. The van der Waals surface area contributed by atoms with Crippen molar-refractivity contribution in [1.82, 2.24) is 14.5 Å². The van der Waals surface area contributed by atoms with Crippen LogP contribution < -0.4 is 15.2 Å². The van der Waals surface area contributed by atoms with E-state index in [0.29, 0.717) is 13.2 Å². The highest BCUT2D eigenvalue weighted by molar-refractivity contribution is 5.80. The fourth-order valence-electron chi connectivity index (χ4n) is 4.00. The van der Waals surface area contributed by atoms with E-state index in [2.05, 4.69) is 15.5 Å². The first-order valence-electron chi connectivity index (χ1n) is 10.1. The molecule has 2 aromatic rings. The average Bonchev–Trinajstić information content (AvgIpc) is 3.29. The smallest absolute Gasteiger partial charge is 0.163 e. The second-order valence-electron chi connectivity index (χ2n) is 7.31. The number of benzene rings is 1. The molecule has 3 heterocycles. The van der Waals surface area contributed by atoms with Crippen LogP contribution in [0.4, 0.5) is 0 Å². The highest BCUT2D eigenvalue weighted by Gasteiger charge is 2.19. The van der Waals surface area contributed by atoms with Gasteiger partial charge in [0.1, 0.15) is 19.0 Å². The van der Waals surface area contributed by atoms with Crippen LogP contribution in [0.25, 0.3) is 11.0 Å². The maximum absolute atomic E-state index is 5.80. The van der Waals surface area contributed by atoms with E-state index in [9.17, 15) is 0 Å². The summed E-state index contributed by atoms with van der Waals surface area (Å²) in [5.41, 5.74) is 7.82. The quantitative estimate of drug-likeness (QED) is 0.735. The van der Waals surface area contributed by atoms with Crippen LogP contribution in [0.3, 0.4) is 0 Å². The Morgan fingerprint density at radius 2 is 1.73 bits per heavy atom. The molecular weight excluding hydrogens is 328 g/mol. The van der Waals surface area contributed by atoms with E-state index >= 15 is 0 Å². The van der Waals surface area contributed by atoms with Gasteiger partial charge in [-0.05, 0) is 45.3 Å². The van der Waals surface area contributed by atoms with Crippen LogP contribution in [-0.4, -0.2) is 53.8 Å². The van der Waals surface area contributed by atoms with Crippen LogP contribution in [-0.2, 0) is 13.0 Å². The maximum atomic E-state index is 5.80. The molecule has 6 heteroatoms. The zero-order valence-electron chi connectivity index (χ0n) is 15.6. The molecular formula is C20H30N4O2. The van der Waals surface area contributed by atoms with Crippen molar-refractivity contribution in [2.24, 2.45) is 5.73 Å². The summed E-state index contributed by atoms with van der Waals surface area (Å²) in [7, 11) is 0. The van der Waals surface area contributed by atoms with Gasteiger partial charge in [0.2, 0.25) is 0 Å². The molecule has 4 rings (SSSR count). The van der Waals surface area contributed by atoms with Gasteiger partial charge in [0.05, 0.1) is 11.0 Å². The van der Waals surface area contributed by atoms with Gasteiger partial charge >= 0.3 is 0 Å². The first-order chi connectivity index (χ1) is 12.8. The first kappa shape index (κ1) is 17.6. The molecule has 1 fully saturated rings. The van der Waals surface area contributed by atoms with Crippen molar-refractivity contribution in [3.05, 3.63) is 18.0 Å². The van der Waals surface area contributed by atoms with Crippen molar-refractivity contribution < 1.29 is 9.47 Å². The van der Waals surface area contributed by atoms with Crippen LogP contribution in [0.1, 0.15) is 37.9 Å². The Morgan fingerprint density at radius 3 is 2.50 bits per heavy atom. The van der Waals surface area contributed by atoms with Crippen LogP contribution in [0, 0.1) is 0 Å². The SMILES string of the molecule is NCCCCCc1nc2cc3c(cc2n1CCN1CCCC1)OCCO3. The molecule has 0 aliphatic carbocycles. The first-order valence-corrected chi connectivity index (χ1v) is 10.1. The summed E-state index contributed by atoms with van der Waals surface area (Å²) in [6.45, 7) is 6.53. The second kappa shape index (κ2) is 8.27. The summed E-state index contributed by atoms with van der Waals surface area (Å²) >= 11 is 0. The van der Waals surface area contributed by atoms with Gasteiger partial charge in [-0.2, -0.15) is 0 Å². The zero-order chi connectivity index (χ0) is 17.8. The van der Waals surface area contributed by atoms with E-state index in [1.165, 1.54) is 37.3 Å². The predicted octanol–water partition coefficient (Wildman–Crippen LogP) is 2.57. The molecule has 0 spiro atoms. The fourth-order valence-corrected chi connectivity index (χ4v) is 4.00. The number of likely N-dealkylation sites (tertiary alicyclic amines) is 1. The van der Waals surface area contributed by atoms with E-state index < -0.39 is 0 Å². The lowest BCUT2D eigenvalue weighted by atomic mass is 10.2. The van der Waals surface area contributed by atoms with Crippen molar-refractivity contribution >= 4 is 11.0 Å². The number of ether oxygens (including phenoxy) is 2. The Hall–Kier alpha value is -1.79. The van der Waals surface area contributed by atoms with Gasteiger partial charge in [-0.3, -0.25) is 0 Å². The number of nitrogens with two attached hydrogens (primary N) is 1. The molecule has 0 saturated carbocycles. The Bertz CT molecular complexity index is 737. The molecule has 2 aliphatic heterocycles. The van der Waals surface area contributed by atoms with Crippen molar-refractivity contribution in [3.8, 4) is 11.5 Å². The minimum absolute atomic E-state index is 0.611. The Balaban J connectivity index is 1.59. The van der Waals surface area contributed by atoms with Crippen molar-refractivity contribution in [3.63, 3.8) is 0 Å². The number of nitrogens with zero attached hydrogens (tertiary/aromatic N) is 3. The number of hydrogen-bond acceptors (Lipinski definition) is 5. The lowest BCUT2D eigenvalue weighted by Gasteiger charge is -2.19. The lowest BCUT2D eigenvalue weighted by molar-refractivity contribution is 0.172. The molecule has 2 N–H and O–H groups in total. The average molecular weight is 358 g/mol. The highest BCUT2D eigenvalue weighted by Crippen LogP contribution is 2.35. The number of rotatable bonds is 8. The van der Waals surface area contributed by atoms with E-state index in [1.807, 2.05) is 6.07 Å². The van der Waals surface area contributed by atoms with Gasteiger partial charge < -0.3 is 24.7 Å². The summed E-state index contributed by atoms with van der Waals surface area (Å²) < 4.78 is 13.9. The summed E-state index contributed by atoms with van der Waals surface area (Å²) in [5.74, 6) is 2.85. The lowest BCUT2D eigenvalue weighted by Crippen LogP contribution is -2.24. The van der Waals surface area contributed by atoms with Crippen molar-refractivity contribution in [2.75, 3.05) is 39.4 Å². The van der Waals surface area contributed by atoms with E-state index in [1.54, 1.807) is 0 Å². The number of aryl methyl sites for hydroxylation is 1. The minimum Gasteiger partial charge on any atom is -0.486 e. The summed E-state index contributed by atoms with van der Waals surface area (Å²) in [5, 5.41) is 0. The van der Waals surface area contributed by atoms with Crippen LogP contribution >= 0.6 is 0 Å². The molecule has 0 radical (unpaired) electrons. The molecule has 0 amide bonds. The minimum atomic E-state index is 0.611. The van der Waals surface area contributed by atoms with E-state index in [-0.39, 0.29) is 0 Å².